The van der Waals surface area contributed by atoms with E-state index < -0.39 is 5.97 Å². The van der Waals surface area contributed by atoms with Crippen LogP contribution in [-0.2, 0) is 4.79 Å². The van der Waals surface area contributed by atoms with Crippen LogP contribution in [0.2, 0.25) is 0 Å². The highest BCUT2D eigenvalue weighted by atomic mass is 16.6. The number of allylic oxidation sites excluding steroid dienone is 1. The Morgan fingerprint density at radius 3 is 2.11 bits per heavy atom. The van der Waals surface area contributed by atoms with Crippen molar-refractivity contribution in [3.63, 3.8) is 0 Å². The van der Waals surface area contributed by atoms with Gasteiger partial charge in [0.2, 0.25) is 0 Å². The third-order valence-electron chi connectivity index (χ3n) is 3.73. The molecule has 3 rings (SSSR count). The van der Waals surface area contributed by atoms with Crippen LogP contribution in [0.25, 0.3) is 11.6 Å². The highest BCUT2D eigenvalue weighted by Crippen LogP contribution is 2.19. The van der Waals surface area contributed by atoms with E-state index in [1.165, 1.54) is 0 Å². The maximum atomic E-state index is 11.9. The van der Waals surface area contributed by atoms with Crippen molar-refractivity contribution in [2.24, 2.45) is 0 Å². The number of nitriles is 1. The van der Waals surface area contributed by atoms with Gasteiger partial charge in [0.1, 0.15) is 11.5 Å². The Labute approximate surface area is 157 Å². The Hall–Kier alpha value is -3.84. The number of para-hydroxylation sites is 1. The molecule has 0 N–H and O–H groups in total. The van der Waals surface area contributed by atoms with Gasteiger partial charge >= 0.3 is 5.97 Å². The first-order valence-electron chi connectivity index (χ1n) is 8.40. The molecule has 0 unspecified atom stereocenters. The molecule has 0 aliphatic carbocycles. The number of carbonyl (C=O) groups is 1. The fraction of sp³-hybridized carbons (Fsp3) is 0.0435. The van der Waals surface area contributed by atoms with E-state index in [9.17, 15) is 10.1 Å². The summed E-state index contributed by atoms with van der Waals surface area (Å²) in [5.74, 6) is 0.552. The van der Waals surface area contributed by atoms with E-state index in [4.69, 9.17) is 9.47 Å². The van der Waals surface area contributed by atoms with Crippen molar-refractivity contribution in [3.05, 3.63) is 96.1 Å². The molecular weight excluding hydrogens is 338 g/mol. The van der Waals surface area contributed by atoms with Gasteiger partial charge in [0.05, 0.1) is 11.6 Å². The number of esters is 1. The molecule has 3 aromatic rings. The fourth-order valence-corrected chi connectivity index (χ4v) is 2.42. The van der Waals surface area contributed by atoms with Crippen molar-refractivity contribution in [1.29, 1.82) is 5.26 Å². The standard InChI is InChI=1S/C23H17NO3/c24-16-20(19-7-3-1-4-8-19)15-18-11-13-22(14-12-18)27-23(25)17-26-21-9-5-2-6-10-21/h1-15H,17H2/b20-15-. The van der Waals surface area contributed by atoms with Gasteiger partial charge in [0.15, 0.2) is 6.61 Å². The van der Waals surface area contributed by atoms with Gasteiger partial charge in [-0.15, -0.1) is 0 Å². The van der Waals surface area contributed by atoms with E-state index >= 15 is 0 Å². The minimum Gasteiger partial charge on any atom is -0.482 e. The Kier molecular flexibility index (Phi) is 6.00. The van der Waals surface area contributed by atoms with E-state index in [-0.39, 0.29) is 6.61 Å². The van der Waals surface area contributed by atoms with Crippen molar-refractivity contribution in [2.75, 3.05) is 6.61 Å². The predicted octanol–water partition coefficient (Wildman–Crippen LogP) is 4.74. The summed E-state index contributed by atoms with van der Waals surface area (Å²) in [7, 11) is 0. The molecule has 4 heteroatoms. The highest BCUT2D eigenvalue weighted by molar-refractivity contribution is 5.89. The molecule has 0 saturated heterocycles. The van der Waals surface area contributed by atoms with Gasteiger partial charge in [0, 0.05) is 0 Å². The number of benzene rings is 3. The molecule has 0 spiro atoms. The topological polar surface area (TPSA) is 59.3 Å². The molecule has 0 bridgehead atoms. The van der Waals surface area contributed by atoms with Gasteiger partial charge in [-0.05, 0) is 41.5 Å². The lowest BCUT2D eigenvalue weighted by Crippen LogP contribution is -2.17. The monoisotopic (exact) mass is 355 g/mol. The number of rotatable bonds is 6. The van der Waals surface area contributed by atoms with Gasteiger partial charge in [-0.3, -0.25) is 0 Å². The molecule has 0 fully saturated rings. The summed E-state index contributed by atoms with van der Waals surface area (Å²) in [5, 5.41) is 9.37. The summed E-state index contributed by atoms with van der Waals surface area (Å²) >= 11 is 0. The minimum atomic E-state index is -0.482. The molecule has 0 radical (unpaired) electrons. The third-order valence-corrected chi connectivity index (χ3v) is 3.73. The number of hydrogen-bond acceptors (Lipinski definition) is 4. The Bertz CT molecular complexity index is 956. The third kappa shape index (κ3) is 5.32. The lowest BCUT2D eigenvalue weighted by atomic mass is 10.0. The van der Waals surface area contributed by atoms with Crippen LogP contribution in [0, 0.1) is 11.3 Å². The van der Waals surface area contributed by atoms with Crippen LogP contribution in [0.3, 0.4) is 0 Å². The molecule has 0 saturated carbocycles. The van der Waals surface area contributed by atoms with Crippen LogP contribution < -0.4 is 9.47 Å². The highest BCUT2D eigenvalue weighted by Gasteiger charge is 2.06. The second-order valence-corrected chi connectivity index (χ2v) is 5.68. The summed E-state index contributed by atoms with van der Waals surface area (Å²) in [6.07, 6.45) is 1.79. The summed E-state index contributed by atoms with van der Waals surface area (Å²) in [6, 6.07) is 27.7. The quantitative estimate of drug-likeness (QED) is 0.277. The fourth-order valence-electron chi connectivity index (χ4n) is 2.42. The zero-order valence-electron chi connectivity index (χ0n) is 14.5. The van der Waals surface area contributed by atoms with E-state index in [1.54, 1.807) is 42.5 Å². The first-order valence-corrected chi connectivity index (χ1v) is 8.40. The van der Waals surface area contributed by atoms with E-state index in [0.29, 0.717) is 17.1 Å². The number of carbonyl (C=O) groups excluding carboxylic acids is 1. The van der Waals surface area contributed by atoms with Crippen molar-refractivity contribution >= 4 is 17.6 Å². The number of nitrogens with zero attached hydrogens (tertiary/aromatic N) is 1. The molecule has 0 aromatic heterocycles. The average molecular weight is 355 g/mol. The number of hydrogen-bond donors (Lipinski definition) is 0. The summed E-state index contributed by atoms with van der Waals surface area (Å²) in [6.45, 7) is -0.168. The maximum absolute atomic E-state index is 11.9. The van der Waals surface area contributed by atoms with Crippen LogP contribution in [0.4, 0.5) is 0 Å². The molecule has 132 valence electrons. The molecule has 4 nitrogen and oxygen atoms in total. The van der Waals surface area contributed by atoms with E-state index in [0.717, 1.165) is 11.1 Å². The molecule has 0 atom stereocenters. The van der Waals surface area contributed by atoms with Gasteiger partial charge < -0.3 is 9.47 Å². The molecule has 3 aromatic carbocycles. The average Bonchev–Trinajstić information content (AvgIpc) is 2.73. The maximum Gasteiger partial charge on any atom is 0.349 e. The first kappa shape index (κ1) is 18.0. The van der Waals surface area contributed by atoms with Crippen molar-refractivity contribution in [1.82, 2.24) is 0 Å². The molecule has 27 heavy (non-hydrogen) atoms. The van der Waals surface area contributed by atoms with Crippen LogP contribution in [0.1, 0.15) is 11.1 Å². The number of ether oxygens (including phenoxy) is 2. The SMILES string of the molecule is N#C/C(=C/c1ccc(OC(=O)COc2ccccc2)cc1)c1ccccc1. The Morgan fingerprint density at radius 1 is 0.852 bits per heavy atom. The molecule has 0 aliphatic rings. The second kappa shape index (κ2) is 9.02. The smallest absolute Gasteiger partial charge is 0.349 e. The lowest BCUT2D eigenvalue weighted by molar-refractivity contribution is -0.136. The molecule has 0 aliphatic heterocycles. The predicted molar refractivity (Wildman–Crippen MR) is 104 cm³/mol. The lowest BCUT2D eigenvalue weighted by Gasteiger charge is -2.07. The molecular formula is C23H17NO3. The van der Waals surface area contributed by atoms with Crippen LogP contribution in [-0.4, -0.2) is 12.6 Å². The van der Waals surface area contributed by atoms with Gasteiger partial charge in [-0.2, -0.15) is 5.26 Å². The summed E-state index contributed by atoms with van der Waals surface area (Å²) in [4.78, 5) is 11.9. The van der Waals surface area contributed by atoms with Crippen LogP contribution in [0.15, 0.2) is 84.9 Å². The zero-order chi connectivity index (χ0) is 18.9. The van der Waals surface area contributed by atoms with Crippen molar-refractivity contribution in [2.45, 2.75) is 0 Å². The summed E-state index contributed by atoms with van der Waals surface area (Å²) < 4.78 is 10.6. The van der Waals surface area contributed by atoms with E-state index in [2.05, 4.69) is 6.07 Å². The van der Waals surface area contributed by atoms with Crippen LogP contribution in [0.5, 0.6) is 11.5 Å². The molecule has 0 heterocycles. The minimum absolute atomic E-state index is 0.168. The largest absolute Gasteiger partial charge is 0.482 e. The van der Waals surface area contributed by atoms with Gasteiger partial charge in [0.25, 0.3) is 0 Å². The normalized spacial score (nSPS) is 10.7. The Morgan fingerprint density at radius 2 is 1.48 bits per heavy atom. The van der Waals surface area contributed by atoms with Gasteiger partial charge in [-0.1, -0.05) is 60.7 Å². The Balaban J connectivity index is 1.61. The second-order valence-electron chi connectivity index (χ2n) is 5.68. The van der Waals surface area contributed by atoms with Crippen molar-refractivity contribution < 1.29 is 14.3 Å². The van der Waals surface area contributed by atoms with Crippen LogP contribution >= 0.6 is 0 Å². The summed E-state index contributed by atoms with van der Waals surface area (Å²) in [5.41, 5.74) is 2.26. The first-order chi connectivity index (χ1) is 13.2. The van der Waals surface area contributed by atoms with Gasteiger partial charge in [-0.25, -0.2) is 4.79 Å². The molecule has 0 amide bonds. The van der Waals surface area contributed by atoms with Crippen molar-refractivity contribution in [3.8, 4) is 17.6 Å². The zero-order valence-corrected chi connectivity index (χ0v) is 14.5. The van der Waals surface area contributed by atoms with E-state index in [1.807, 2.05) is 48.5 Å².